The zero-order valence-corrected chi connectivity index (χ0v) is 10.5. The van der Waals surface area contributed by atoms with Crippen molar-refractivity contribution in [2.45, 2.75) is 34.6 Å². The Morgan fingerprint density at radius 2 is 1.06 bits per heavy atom. The van der Waals surface area contributed by atoms with Crippen LogP contribution < -0.4 is 0 Å². The van der Waals surface area contributed by atoms with Crippen molar-refractivity contribution < 1.29 is 14.3 Å². The summed E-state index contributed by atoms with van der Waals surface area (Å²) in [6.45, 7) is 8.74. The maximum atomic E-state index is 9.81. The van der Waals surface area contributed by atoms with Gasteiger partial charge in [0, 0.05) is 13.8 Å². The summed E-state index contributed by atoms with van der Waals surface area (Å²) in [5.74, 6) is -1.12. The van der Waals surface area contributed by atoms with E-state index in [0.29, 0.717) is 0 Å². The van der Waals surface area contributed by atoms with Gasteiger partial charge in [0.2, 0.25) is 0 Å². The first-order chi connectivity index (χ1) is 7.31. The van der Waals surface area contributed by atoms with E-state index in [9.17, 15) is 9.59 Å². The summed E-state index contributed by atoms with van der Waals surface area (Å²) in [6.07, 6.45) is 0. The smallest absolute Gasteiger partial charge is 0.310 e. The number of carbonyl (C=O) groups is 2. The number of benzene rings is 1. The fourth-order valence-corrected chi connectivity index (χ4v) is 1.40. The van der Waals surface area contributed by atoms with Gasteiger partial charge in [0.05, 0.1) is 0 Å². The summed E-state index contributed by atoms with van der Waals surface area (Å²) in [7, 11) is 0. The largest absolute Gasteiger partial charge is 0.394 e. The summed E-state index contributed by atoms with van der Waals surface area (Å²) >= 11 is 0. The van der Waals surface area contributed by atoms with Gasteiger partial charge in [-0.3, -0.25) is 9.59 Å². The van der Waals surface area contributed by atoms with Crippen LogP contribution in [0.3, 0.4) is 0 Å². The minimum Gasteiger partial charge on any atom is -0.394 e. The maximum Gasteiger partial charge on any atom is 0.310 e. The normalized spacial score (nSPS) is 8.81. The molecule has 0 aliphatic rings. The summed E-state index contributed by atoms with van der Waals surface area (Å²) < 4.78 is 3.97. The number of hydrogen-bond donors (Lipinski definition) is 0. The highest BCUT2D eigenvalue weighted by Gasteiger charge is 1.93. The van der Waals surface area contributed by atoms with Crippen molar-refractivity contribution in [2.24, 2.45) is 0 Å². The van der Waals surface area contributed by atoms with Gasteiger partial charge in [-0.2, -0.15) is 0 Å². The second-order valence-corrected chi connectivity index (χ2v) is 3.75. The average Bonchev–Trinajstić information content (AvgIpc) is 1.97. The average molecular weight is 222 g/mol. The van der Waals surface area contributed by atoms with Crippen molar-refractivity contribution in [1.29, 1.82) is 0 Å². The van der Waals surface area contributed by atoms with Gasteiger partial charge in [-0.1, -0.05) is 34.9 Å². The molecule has 88 valence electrons. The van der Waals surface area contributed by atoms with Crippen LogP contribution in [-0.2, 0) is 14.3 Å². The Morgan fingerprint density at radius 3 is 1.19 bits per heavy atom. The van der Waals surface area contributed by atoms with Crippen LogP contribution in [0.15, 0.2) is 18.2 Å². The van der Waals surface area contributed by atoms with E-state index in [1.54, 1.807) is 0 Å². The van der Waals surface area contributed by atoms with Crippen LogP contribution >= 0.6 is 0 Å². The highest BCUT2D eigenvalue weighted by Crippen LogP contribution is 2.06. The molecule has 0 N–H and O–H groups in total. The summed E-state index contributed by atoms with van der Waals surface area (Å²) in [6, 6.07) is 6.56. The molecule has 0 aliphatic heterocycles. The van der Waals surface area contributed by atoms with E-state index in [1.807, 2.05) is 0 Å². The van der Waals surface area contributed by atoms with Gasteiger partial charge in [-0.15, -0.1) is 0 Å². The Kier molecular flexibility index (Phi) is 6.08. The first kappa shape index (κ1) is 14.4. The Balaban J connectivity index is 0.000000293. The van der Waals surface area contributed by atoms with E-state index < -0.39 is 11.9 Å². The molecule has 1 aromatic carbocycles. The molecule has 0 spiro atoms. The monoisotopic (exact) mass is 222 g/mol. The van der Waals surface area contributed by atoms with Crippen molar-refractivity contribution in [2.75, 3.05) is 0 Å². The highest BCUT2D eigenvalue weighted by molar-refractivity contribution is 5.82. The van der Waals surface area contributed by atoms with Gasteiger partial charge < -0.3 is 4.74 Å². The molecular weight excluding hydrogens is 204 g/mol. The van der Waals surface area contributed by atoms with Crippen LogP contribution in [0.2, 0.25) is 0 Å². The fraction of sp³-hybridized carbons (Fsp3) is 0.385. The molecule has 0 radical (unpaired) electrons. The lowest BCUT2D eigenvalue weighted by molar-refractivity contribution is -0.156. The minimum absolute atomic E-state index is 0.562. The van der Waals surface area contributed by atoms with Gasteiger partial charge in [0.15, 0.2) is 0 Å². The number of carbonyl (C=O) groups excluding carboxylic acids is 2. The zero-order chi connectivity index (χ0) is 12.7. The van der Waals surface area contributed by atoms with Crippen molar-refractivity contribution in [3.63, 3.8) is 0 Å². The van der Waals surface area contributed by atoms with Gasteiger partial charge in [-0.25, -0.2) is 0 Å². The Morgan fingerprint density at radius 1 is 0.812 bits per heavy atom. The lowest BCUT2D eigenvalue weighted by Crippen LogP contribution is -2.03. The van der Waals surface area contributed by atoms with Gasteiger partial charge in [0.1, 0.15) is 0 Å². The molecule has 0 saturated heterocycles. The van der Waals surface area contributed by atoms with Crippen LogP contribution in [0, 0.1) is 20.8 Å². The van der Waals surface area contributed by atoms with E-state index in [-0.39, 0.29) is 0 Å². The Bertz CT molecular complexity index is 318. The number of rotatable bonds is 0. The second-order valence-electron chi connectivity index (χ2n) is 3.75. The van der Waals surface area contributed by atoms with E-state index in [2.05, 4.69) is 43.7 Å². The minimum atomic E-state index is -0.562. The van der Waals surface area contributed by atoms with E-state index >= 15 is 0 Å². The molecule has 0 aromatic heterocycles. The predicted octanol–water partition coefficient (Wildman–Crippen LogP) is 2.71. The third-order valence-corrected chi connectivity index (χ3v) is 1.65. The lowest BCUT2D eigenvalue weighted by atomic mass is 10.1. The fourth-order valence-electron chi connectivity index (χ4n) is 1.40. The van der Waals surface area contributed by atoms with Gasteiger partial charge >= 0.3 is 11.9 Å². The molecular formula is C13H18O3. The first-order valence-electron chi connectivity index (χ1n) is 5.05. The first-order valence-corrected chi connectivity index (χ1v) is 5.05. The van der Waals surface area contributed by atoms with Crippen molar-refractivity contribution in [3.8, 4) is 0 Å². The van der Waals surface area contributed by atoms with Crippen molar-refractivity contribution in [3.05, 3.63) is 34.9 Å². The van der Waals surface area contributed by atoms with Crippen molar-refractivity contribution >= 4 is 11.9 Å². The number of ether oxygens (including phenoxy) is 1. The summed E-state index contributed by atoms with van der Waals surface area (Å²) in [5.41, 5.74) is 4.06. The molecule has 0 amide bonds. The Hall–Kier alpha value is -1.64. The number of hydrogen-bond acceptors (Lipinski definition) is 3. The number of aryl methyl sites for hydroxylation is 3. The molecule has 1 aromatic rings. The SMILES string of the molecule is CC(=O)OC(C)=O.Cc1cc(C)cc(C)c1. The third-order valence-electron chi connectivity index (χ3n) is 1.65. The quantitative estimate of drug-likeness (QED) is 0.500. The maximum absolute atomic E-state index is 9.81. The van der Waals surface area contributed by atoms with E-state index in [1.165, 1.54) is 30.5 Å². The molecule has 3 heteroatoms. The molecule has 0 atom stereocenters. The molecule has 0 bridgehead atoms. The molecule has 0 unspecified atom stereocenters. The van der Waals surface area contributed by atoms with Crippen LogP contribution in [-0.4, -0.2) is 11.9 Å². The molecule has 3 nitrogen and oxygen atoms in total. The standard InChI is InChI=1S/C9H12.C4H6O3/c1-7-4-8(2)6-9(3)5-7;1-3(5)7-4(2)6/h4-6H,1-3H3;1-2H3. The molecule has 0 aliphatic carbocycles. The third kappa shape index (κ3) is 7.74. The van der Waals surface area contributed by atoms with Gasteiger partial charge in [0.25, 0.3) is 0 Å². The summed E-state index contributed by atoms with van der Waals surface area (Å²) in [4.78, 5) is 19.6. The molecule has 0 saturated carbocycles. The predicted molar refractivity (Wildman–Crippen MR) is 63.1 cm³/mol. The molecule has 0 heterocycles. The van der Waals surface area contributed by atoms with Crippen LogP contribution in [0.5, 0.6) is 0 Å². The van der Waals surface area contributed by atoms with E-state index in [0.717, 1.165) is 0 Å². The zero-order valence-electron chi connectivity index (χ0n) is 10.5. The van der Waals surface area contributed by atoms with Gasteiger partial charge in [-0.05, 0) is 20.8 Å². The number of esters is 2. The highest BCUT2D eigenvalue weighted by atomic mass is 16.6. The van der Waals surface area contributed by atoms with E-state index in [4.69, 9.17) is 0 Å². The Labute approximate surface area is 96.4 Å². The van der Waals surface area contributed by atoms with Crippen LogP contribution in [0.25, 0.3) is 0 Å². The van der Waals surface area contributed by atoms with Crippen LogP contribution in [0.1, 0.15) is 30.5 Å². The molecule has 1 rings (SSSR count). The topological polar surface area (TPSA) is 43.4 Å². The summed E-state index contributed by atoms with van der Waals surface area (Å²) in [5, 5.41) is 0. The van der Waals surface area contributed by atoms with Crippen LogP contribution in [0.4, 0.5) is 0 Å². The second kappa shape index (κ2) is 6.77. The lowest BCUT2D eigenvalue weighted by Gasteiger charge is -1.96. The van der Waals surface area contributed by atoms with Crippen molar-refractivity contribution in [1.82, 2.24) is 0 Å². The molecule has 0 fully saturated rings. The molecule has 16 heavy (non-hydrogen) atoms.